The summed E-state index contributed by atoms with van der Waals surface area (Å²) in [5.74, 6) is 0.728. The van der Waals surface area contributed by atoms with Gasteiger partial charge in [0, 0.05) is 0 Å². The Kier molecular flexibility index (Phi) is 4.40. The third-order valence-corrected chi connectivity index (χ3v) is 2.15. The van der Waals surface area contributed by atoms with Crippen molar-refractivity contribution in [3.8, 4) is 5.75 Å². The molecular weight excluding hydrogens is 231 g/mol. The van der Waals surface area contributed by atoms with Crippen LogP contribution in [0.4, 0.5) is 13.2 Å². The predicted molar refractivity (Wildman–Crippen MR) is 59.8 cm³/mol. The van der Waals surface area contributed by atoms with Crippen LogP contribution in [0.15, 0.2) is 24.3 Å². The van der Waals surface area contributed by atoms with Gasteiger partial charge >= 0.3 is 6.18 Å². The van der Waals surface area contributed by atoms with Crippen LogP contribution >= 0.6 is 0 Å². The minimum absolute atomic E-state index is 0.0127. The Morgan fingerprint density at radius 2 is 1.94 bits per heavy atom. The van der Waals surface area contributed by atoms with Gasteiger partial charge in [-0.05, 0) is 23.6 Å². The van der Waals surface area contributed by atoms with Gasteiger partial charge in [0.15, 0.2) is 0 Å². The van der Waals surface area contributed by atoms with Crippen LogP contribution in [0.25, 0.3) is 0 Å². The predicted octanol–water partition coefficient (Wildman–Crippen LogP) is 3.28. The molecule has 1 aromatic carbocycles. The van der Waals surface area contributed by atoms with E-state index in [2.05, 4.69) is 0 Å². The lowest BCUT2D eigenvalue weighted by Crippen LogP contribution is -2.28. The number of halogens is 3. The van der Waals surface area contributed by atoms with Gasteiger partial charge in [-0.3, -0.25) is 0 Å². The first-order chi connectivity index (χ1) is 7.80. The lowest BCUT2D eigenvalue weighted by atomic mass is 10.1. The van der Waals surface area contributed by atoms with Crippen molar-refractivity contribution in [3.63, 3.8) is 0 Å². The minimum atomic E-state index is -4.43. The Bertz CT molecular complexity index is 363. The van der Waals surface area contributed by atoms with Gasteiger partial charge in [-0.25, -0.2) is 0 Å². The van der Waals surface area contributed by atoms with E-state index in [1.807, 2.05) is 13.8 Å². The molecule has 0 heterocycles. The van der Waals surface area contributed by atoms with Gasteiger partial charge in [0.05, 0.1) is 6.61 Å². The van der Waals surface area contributed by atoms with E-state index in [1.54, 1.807) is 6.07 Å². The highest BCUT2D eigenvalue weighted by Gasteiger charge is 2.37. The summed E-state index contributed by atoms with van der Waals surface area (Å²) in [4.78, 5) is 0. The summed E-state index contributed by atoms with van der Waals surface area (Å²) in [5.41, 5.74) is 5.13. The van der Waals surface area contributed by atoms with Gasteiger partial charge in [-0.1, -0.05) is 26.0 Å². The van der Waals surface area contributed by atoms with Gasteiger partial charge in [0.25, 0.3) is 0 Å². The highest BCUT2D eigenvalue weighted by atomic mass is 19.4. The molecular formula is C12H16F3NO. The molecule has 0 spiro atoms. The lowest BCUT2D eigenvalue weighted by Gasteiger charge is -2.17. The fourth-order valence-electron chi connectivity index (χ4n) is 1.25. The summed E-state index contributed by atoms with van der Waals surface area (Å²) in [6.07, 6.45) is -4.43. The zero-order valence-corrected chi connectivity index (χ0v) is 9.79. The number of hydrogen-bond donors (Lipinski definition) is 1. The average molecular weight is 247 g/mol. The first-order valence-corrected chi connectivity index (χ1v) is 5.35. The van der Waals surface area contributed by atoms with Crippen molar-refractivity contribution in [1.82, 2.24) is 0 Å². The summed E-state index contributed by atoms with van der Waals surface area (Å²) in [6, 6.07) is 3.84. The molecule has 0 saturated heterocycles. The normalized spacial score (nSPS) is 13.8. The molecule has 0 aliphatic heterocycles. The molecule has 0 bridgehead atoms. The standard InChI is InChI=1S/C12H16F3NO/c1-8(2)7-17-10-5-3-4-9(6-10)11(16)12(13,14)15/h3-6,8,11H,7,16H2,1-2H3/t11-/m0/s1. The SMILES string of the molecule is CC(C)COc1cccc([C@H](N)C(F)(F)F)c1. The van der Waals surface area contributed by atoms with E-state index in [0.29, 0.717) is 18.3 Å². The molecule has 0 radical (unpaired) electrons. The maximum atomic E-state index is 12.4. The van der Waals surface area contributed by atoms with Crippen LogP contribution < -0.4 is 10.5 Å². The number of ether oxygens (including phenoxy) is 1. The van der Waals surface area contributed by atoms with E-state index < -0.39 is 12.2 Å². The number of rotatable bonds is 4. The first-order valence-electron chi connectivity index (χ1n) is 5.35. The van der Waals surface area contributed by atoms with Crippen molar-refractivity contribution in [2.75, 3.05) is 6.61 Å². The van der Waals surface area contributed by atoms with Crippen LogP contribution in [0.2, 0.25) is 0 Å². The zero-order valence-electron chi connectivity index (χ0n) is 9.79. The molecule has 1 atom stereocenters. The maximum Gasteiger partial charge on any atom is 0.407 e. The van der Waals surface area contributed by atoms with Gasteiger partial charge in [-0.2, -0.15) is 13.2 Å². The molecule has 0 saturated carbocycles. The van der Waals surface area contributed by atoms with Crippen LogP contribution in [-0.4, -0.2) is 12.8 Å². The Labute approximate surface area is 98.6 Å². The van der Waals surface area contributed by atoms with Crippen molar-refractivity contribution in [2.24, 2.45) is 11.7 Å². The van der Waals surface area contributed by atoms with E-state index in [9.17, 15) is 13.2 Å². The van der Waals surface area contributed by atoms with E-state index in [-0.39, 0.29) is 5.56 Å². The van der Waals surface area contributed by atoms with Gasteiger partial charge in [0.2, 0.25) is 0 Å². The number of alkyl halides is 3. The van der Waals surface area contributed by atoms with Crippen LogP contribution in [0.3, 0.4) is 0 Å². The molecule has 0 unspecified atom stereocenters. The second-order valence-corrected chi connectivity index (χ2v) is 4.30. The Balaban J connectivity index is 2.79. The molecule has 2 N–H and O–H groups in total. The zero-order chi connectivity index (χ0) is 13.1. The molecule has 2 nitrogen and oxygen atoms in total. The quantitative estimate of drug-likeness (QED) is 0.886. The maximum absolute atomic E-state index is 12.4. The topological polar surface area (TPSA) is 35.2 Å². The van der Waals surface area contributed by atoms with E-state index in [4.69, 9.17) is 10.5 Å². The molecule has 0 aliphatic rings. The largest absolute Gasteiger partial charge is 0.493 e. The third-order valence-electron chi connectivity index (χ3n) is 2.15. The van der Waals surface area contributed by atoms with Crippen LogP contribution in [0.5, 0.6) is 5.75 Å². The molecule has 1 aromatic rings. The molecule has 0 aromatic heterocycles. The molecule has 0 fully saturated rings. The smallest absolute Gasteiger partial charge is 0.407 e. The van der Waals surface area contributed by atoms with Crippen LogP contribution in [0.1, 0.15) is 25.5 Å². The second-order valence-electron chi connectivity index (χ2n) is 4.30. The van der Waals surface area contributed by atoms with Gasteiger partial charge in [-0.15, -0.1) is 0 Å². The number of hydrogen-bond acceptors (Lipinski definition) is 2. The molecule has 1 rings (SSSR count). The Morgan fingerprint density at radius 3 is 2.47 bits per heavy atom. The molecule has 5 heteroatoms. The van der Waals surface area contributed by atoms with Crippen molar-refractivity contribution in [2.45, 2.75) is 26.1 Å². The summed E-state index contributed by atoms with van der Waals surface area (Å²) in [5, 5.41) is 0. The summed E-state index contributed by atoms with van der Waals surface area (Å²) in [6.45, 7) is 4.39. The monoisotopic (exact) mass is 247 g/mol. The Hall–Kier alpha value is -1.23. The third kappa shape index (κ3) is 4.26. The van der Waals surface area contributed by atoms with E-state index in [0.717, 1.165) is 0 Å². The minimum Gasteiger partial charge on any atom is -0.493 e. The summed E-state index contributed by atoms with van der Waals surface area (Å²) >= 11 is 0. The summed E-state index contributed by atoms with van der Waals surface area (Å²) in [7, 11) is 0. The highest BCUT2D eigenvalue weighted by molar-refractivity contribution is 5.31. The lowest BCUT2D eigenvalue weighted by molar-refractivity contribution is -0.149. The average Bonchev–Trinajstić information content (AvgIpc) is 2.24. The van der Waals surface area contributed by atoms with Crippen LogP contribution in [-0.2, 0) is 0 Å². The van der Waals surface area contributed by atoms with Crippen molar-refractivity contribution in [3.05, 3.63) is 29.8 Å². The highest BCUT2D eigenvalue weighted by Crippen LogP contribution is 2.31. The fourth-order valence-corrected chi connectivity index (χ4v) is 1.25. The van der Waals surface area contributed by atoms with E-state index in [1.165, 1.54) is 18.2 Å². The number of nitrogens with two attached hydrogens (primary N) is 1. The molecule has 17 heavy (non-hydrogen) atoms. The second kappa shape index (κ2) is 5.40. The van der Waals surface area contributed by atoms with Gasteiger partial charge < -0.3 is 10.5 Å². The summed E-state index contributed by atoms with van der Waals surface area (Å²) < 4.78 is 42.6. The Morgan fingerprint density at radius 1 is 1.29 bits per heavy atom. The first kappa shape index (κ1) is 13.8. The number of benzene rings is 1. The van der Waals surface area contributed by atoms with Crippen molar-refractivity contribution >= 4 is 0 Å². The van der Waals surface area contributed by atoms with Gasteiger partial charge in [0.1, 0.15) is 11.8 Å². The van der Waals surface area contributed by atoms with Crippen molar-refractivity contribution < 1.29 is 17.9 Å². The fraction of sp³-hybridized carbons (Fsp3) is 0.500. The molecule has 96 valence electrons. The molecule has 0 amide bonds. The van der Waals surface area contributed by atoms with Crippen LogP contribution in [0, 0.1) is 5.92 Å². The molecule has 0 aliphatic carbocycles. The van der Waals surface area contributed by atoms with E-state index >= 15 is 0 Å². The van der Waals surface area contributed by atoms with Crippen molar-refractivity contribution in [1.29, 1.82) is 0 Å².